The molecular weight excluding hydrogens is 358 g/mol. The van der Waals surface area contributed by atoms with E-state index in [0.717, 1.165) is 10.9 Å². The average molecular weight is 375 g/mol. The second-order valence-electron chi connectivity index (χ2n) is 6.02. The zero-order chi connectivity index (χ0) is 18.7. The molecule has 0 radical (unpaired) electrons. The first-order chi connectivity index (χ1) is 13.2. The lowest BCUT2D eigenvalue weighted by atomic mass is 10.2. The summed E-state index contributed by atoms with van der Waals surface area (Å²) < 4.78 is 28.5. The maximum absolute atomic E-state index is 13.6. The van der Waals surface area contributed by atoms with Gasteiger partial charge in [-0.15, -0.1) is 0 Å². The first-order valence-corrected chi connectivity index (χ1v) is 9.92. The number of pyridine rings is 2. The average Bonchev–Trinajstić information content (AvgIpc) is 2.73. The smallest absolute Gasteiger partial charge is 0.255 e. The van der Waals surface area contributed by atoms with Crippen molar-refractivity contribution in [2.24, 2.45) is 0 Å². The lowest BCUT2D eigenvalue weighted by Gasteiger charge is -2.24. The highest BCUT2D eigenvalue weighted by molar-refractivity contribution is 7.93. The molecule has 0 N–H and O–H groups in total. The van der Waals surface area contributed by atoms with Gasteiger partial charge in [-0.3, -0.25) is 4.98 Å². The molecule has 0 aliphatic heterocycles. The molecule has 0 aliphatic carbocycles. The minimum absolute atomic E-state index is 0.169. The van der Waals surface area contributed by atoms with E-state index in [4.69, 9.17) is 0 Å². The third-order valence-corrected chi connectivity index (χ3v) is 6.02. The lowest BCUT2D eigenvalue weighted by Crippen LogP contribution is -2.31. The summed E-state index contributed by atoms with van der Waals surface area (Å²) in [6, 6.07) is 23.5. The maximum Gasteiger partial charge on any atom is 0.267 e. The van der Waals surface area contributed by atoms with Crippen molar-refractivity contribution in [1.82, 2.24) is 9.97 Å². The van der Waals surface area contributed by atoms with E-state index in [1.54, 1.807) is 48.8 Å². The summed E-state index contributed by atoms with van der Waals surface area (Å²) in [5, 5.41) is 0.777. The summed E-state index contributed by atoms with van der Waals surface area (Å²) in [5.41, 5.74) is 1.33. The molecule has 2 aromatic heterocycles. The first-order valence-electron chi connectivity index (χ1n) is 8.48. The van der Waals surface area contributed by atoms with Crippen LogP contribution in [0.15, 0.2) is 96.2 Å². The molecule has 0 saturated carbocycles. The molecule has 0 spiro atoms. The van der Waals surface area contributed by atoms with E-state index < -0.39 is 10.0 Å². The number of hydrogen-bond donors (Lipinski definition) is 0. The Morgan fingerprint density at radius 3 is 2.26 bits per heavy atom. The van der Waals surface area contributed by atoms with Crippen molar-refractivity contribution >= 4 is 26.7 Å². The van der Waals surface area contributed by atoms with Crippen LogP contribution in [0.25, 0.3) is 10.9 Å². The van der Waals surface area contributed by atoms with Crippen molar-refractivity contribution in [2.45, 2.75) is 11.4 Å². The molecule has 0 atom stereocenters. The Hall–Kier alpha value is -3.25. The predicted molar refractivity (Wildman–Crippen MR) is 106 cm³/mol. The molecule has 0 fully saturated rings. The SMILES string of the molecule is O=S(=O)(c1cccc2cccnc12)N(Cc1ccccc1)c1ccccn1. The van der Waals surface area contributed by atoms with Gasteiger partial charge < -0.3 is 0 Å². The number of fused-ring (bicyclic) bond motifs is 1. The Bertz CT molecular complexity index is 1160. The molecule has 0 saturated heterocycles. The second-order valence-corrected chi connectivity index (χ2v) is 7.85. The molecule has 4 aromatic rings. The van der Waals surface area contributed by atoms with Crippen molar-refractivity contribution in [3.05, 3.63) is 96.8 Å². The minimum atomic E-state index is -3.87. The largest absolute Gasteiger partial charge is 0.267 e. The van der Waals surface area contributed by atoms with Crippen molar-refractivity contribution in [3.63, 3.8) is 0 Å². The number of hydrogen-bond acceptors (Lipinski definition) is 4. The van der Waals surface area contributed by atoms with E-state index in [2.05, 4.69) is 9.97 Å². The summed E-state index contributed by atoms with van der Waals surface area (Å²) in [6.07, 6.45) is 3.19. The predicted octanol–water partition coefficient (Wildman–Crippen LogP) is 4.03. The number of para-hydroxylation sites is 1. The number of benzene rings is 2. The van der Waals surface area contributed by atoms with Gasteiger partial charge in [0.05, 0.1) is 12.1 Å². The molecule has 5 nitrogen and oxygen atoms in total. The Kier molecular flexibility index (Phi) is 4.56. The van der Waals surface area contributed by atoms with E-state index in [9.17, 15) is 8.42 Å². The number of nitrogens with zero attached hydrogens (tertiary/aromatic N) is 3. The highest BCUT2D eigenvalue weighted by atomic mass is 32.2. The van der Waals surface area contributed by atoms with Gasteiger partial charge in [0.15, 0.2) is 0 Å². The monoisotopic (exact) mass is 375 g/mol. The third kappa shape index (κ3) is 3.39. The molecule has 0 bridgehead atoms. The van der Waals surface area contributed by atoms with Gasteiger partial charge in [-0.25, -0.2) is 17.7 Å². The Morgan fingerprint density at radius 2 is 1.48 bits per heavy atom. The van der Waals surface area contributed by atoms with Crippen molar-refractivity contribution in [2.75, 3.05) is 4.31 Å². The fourth-order valence-corrected chi connectivity index (χ4v) is 4.52. The lowest BCUT2D eigenvalue weighted by molar-refractivity contribution is 0.590. The Balaban J connectivity index is 1.88. The van der Waals surface area contributed by atoms with Crippen molar-refractivity contribution < 1.29 is 8.42 Å². The molecule has 0 aliphatic rings. The second kappa shape index (κ2) is 7.17. The summed E-state index contributed by atoms with van der Waals surface area (Å²) >= 11 is 0. The van der Waals surface area contributed by atoms with Crippen LogP contribution in [0, 0.1) is 0 Å². The molecule has 27 heavy (non-hydrogen) atoms. The van der Waals surface area contributed by atoms with E-state index in [1.165, 1.54) is 4.31 Å². The third-order valence-electron chi connectivity index (χ3n) is 4.24. The van der Waals surface area contributed by atoms with Gasteiger partial charge in [0.2, 0.25) is 0 Å². The van der Waals surface area contributed by atoms with Crippen LogP contribution in [0.1, 0.15) is 5.56 Å². The van der Waals surface area contributed by atoms with Crippen LogP contribution in [-0.2, 0) is 16.6 Å². The molecule has 6 heteroatoms. The molecule has 0 unspecified atom stereocenters. The molecule has 2 heterocycles. The summed E-state index contributed by atoms with van der Waals surface area (Å²) in [5.74, 6) is 0.370. The number of aromatic nitrogens is 2. The topological polar surface area (TPSA) is 63.2 Å². The van der Waals surface area contributed by atoms with Crippen molar-refractivity contribution in [1.29, 1.82) is 0 Å². The highest BCUT2D eigenvalue weighted by Crippen LogP contribution is 2.28. The standard InChI is InChI=1S/C21H17N3O2S/c25-27(26,19-12-6-10-18-11-7-15-23-21(18)19)24(20-13-4-5-14-22-20)16-17-8-2-1-3-9-17/h1-15H,16H2. The maximum atomic E-state index is 13.6. The fourth-order valence-electron chi connectivity index (χ4n) is 2.94. The molecular formula is C21H17N3O2S. The van der Waals surface area contributed by atoms with E-state index in [0.29, 0.717) is 11.3 Å². The quantitative estimate of drug-likeness (QED) is 0.528. The van der Waals surface area contributed by atoms with Gasteiger partial charge >= 0.3 is 0 Å². The fraction of sp³-hybridized carbons (Fsp3) is 0.0476. The minimum Gasteiger partial charge on any atom is -0.255 e. The van der Waals surface area contributed by atoms with Crippen LogP contribution in [0.4, 0.5) is 5.82 Å². The Labute approximate surface area is 158 Å². The van der Waals surface area contributed by atoms with E-state index in [-0.39, 0.29) is 11.4 Å². The van der Waals surface area contributed by atoms with Crippen LogP contribution < -0.4 is 4.31 Å². The normalized spacial score (nSPS) is 11.4. The number of sulfonamides is 1. The van der Waals surface area contributed by atoms with Gasteiger partial charge in [0, 0.05) is 17.8 Å². The molecule has 2 aromatic carbocycles. The Morgan fingerprint density at radius 1 is 0.741 bits per heavy atom. The zero-order valence-corrected chi connectivity index (χ0v) is 15.3. The van der Waals surface area contributed by atoms with Crippen molar-refractivity contribution in [3.8, 4) is 0 Å². The van der Waals surface area contributed by atoms with Gasteiger partial charge in [-0.2, -0.15) is 0 Å². The molecule has 0 amide bonds. The van der Waals surface area contributed by atoms with Crippen LogP contribution in [0.2, 0.25) is 0 Å². The van der Waals surface area contributed by atoms with Crippen LogP contribution in [-0.4, -0.2) is 18.4 Å². The molecule has 134 valence electrons. The summed E-state index contributed by atoms with van der Waals surface area (Å²) in [7, 11) is -3.87. The zero-order valence-electron chi connectivity index (χ0n) is 14.4. The van der Waals surface area contributed by atoms with Gasteiger partial charge in [-0.1, -0.05) is 54.6 Å². The van der Waals surface area contributed by atoms with Gasteiger partial charge in [0.25, 0.3) is 10.0 Å². The molecule has 4 rings (SSSR count). The van der Waals surface area contributed by atoms with Crippen LogP contribution >= 0.6 is 0 Å². The highest BCUT2D eigenvalue weighted by Gasteiger charge is 2.28. The van der Waals surface area contributed by atoms with Gasteiger partial charge in [0.1, 0.15) is 10.7 Å². The van der Waals surface area contributed by atoms with E-state index in [1.807, 2.05) is 42.5 Å². The number of rotatable bonds is 5. The van der Waals surface area contributed by atoms with Crippen LogP contribution in [0.5, 0.6) is 0 Å². The number of anilines is 1. The van der Waals surface area contributed by atoms with E-state index >= 15 is 0 Å². The summed E-state index contributed by atoms with van der Waals surface area (Å²) in [6.45, 7) is 0.184. The van der Waals surface area contributed by atoms with Crippen LogP contribution in [0.3, 0.4) is 0 Å². The summed E-state index contributed by atoms with van der Waals surface area (Å²) in [4.78, 5) is 8.75. The van der Waals surface area contributed by atoms with Gasteiger partial charge in [-0.05, 0) is 29.8 Å². The first kappa shape index (κ1) is 17.2.